The summed E-state index contributed by atoms with van der Waals surface area (Å²) in [4.78, 5) is 38.2. The highest BCUT2D eigenvalue weighted by Crippen LogP contribution is 2.65. The van der Waals surface area contributed by atoms with E-state index in [-0.39, 0.29) is 145 Å². The van der Waals surface area contributed by atoms with Crippen molar-refractivity contribution >= 4 is 0 Å². The number of hydrogen-bond donors (Lipinski definition) is 8. The van der Waals surface area contributed by atoms with Crippen molar-refractivity contribution in [2.24, 2.45) is 94.7 Å². The van der Waals surface area contributed by atoms with Crippen LogP contribution < -0.4 is 42.5 Å². The van der Waals surface area contributed by atoms with Crippen molar-refractivity contribution in [2.75, 3.05) is 0 Å². The second-order valence-corrected chi connectivity index (χ2v) is 31.2. The molecule has 13 heterocycles. The molecule has 13 aliphatic rings. The van der Waals surface area contributed by atoms with E-state index in [9.17, 15) is 0 Å². The molecule has 8 aromatic rings. The van der Waals surface area contributed by atoms with Crippen molar-refractivity contribution in [3.8, 4) is 0 Å². The minimum Gasteiger partial charge on any atom is -0.286 e. The molecule has 8 aliphatic carbocycles. The Morgan fingerprint density at radius 2 is 0.312 bits per heavy atom. The number of fused-ring (bicyclic) bond motifs is 24. The van der Waals surface area contributed by atoms with Gasteiger partial charge in [-0.25, -0.2) is 77.3 Å². The monoisotopic (exact) mass is 1300 g/mol. The lowest BCUT2D eigenvalue weighted by atomic mass is 9.57. The van der Waals surface area contributed by atoms with E-state index in [2.05, 4.69) is 80.0 Å². The second kappa shape index (κ2) is 23.2. The number of nitrogens with zero attached hydrogens (tertiary/aromatic N) is 24. The van der Waals surface area contributed by atoms with Crippen LogP contribution in [0.15, 0.2) is 101 Å². The van der Waals surface area contributed by atoms with Gasteiger partial charge in [0, 0.05) is 47.3 Å². The average Bonchev–Trinajstić information content (AvgIpc) is 1.58. The summed E-state index contributed by atoms with van der Waals surface area (Å²) in [5.41, 5.74) is 0. The van der Waals surface area contributed by atoms with Crippen molar-refractivity contribution in [3.05, 3.63) is 101 Å². The van der Waals surface area contributed by atoms with Crippen LogP contribution in [0.4, 0.5) is 0 Å². The number of nitrogens with one attached hydrogen (secondary N) is 8. The van der Waals surface area contributed by atoms with Crippen molar-refractivity contribution < 1.29 is 0 Å². The molecule has 0 spiro atoms. The van der Waals surface area contributed by atoms with Crippen molar-refractivity contribution in [3.63, 3.8) is 0 Å². The van der Waals surface area contributed by atoms with Gasteiger partial charge in [0.2, 0.25) is 0 Å². The molecule has 0 aromatic carbocycles. The molecule has 0 amide bonds. The predicted octanol–water partition coefficient (Wildman–Crippen LogP) is 2.25. The summed E-state index contributed by atoms with van der Waals surface area (Å²) in [6.45, 7) is 0. The summed E-state index contributed by atoms with van der Waals surface area (Å²) in [7, 11) is 0. The molecule has 24 atom stereocenters. The van der Waals surface area contributed by atoms with Gasteiger partial charge in [0.1, 0.15) is 101 Å². The van der Waals surface area contributed by atoms with Crippen molar-refractivity contribution in [1.29, 1.82) is 0 Å². The molecule has 5 saturated heterocycles. The smallest absolute Gasteiger partial charge is 0.137 e. The summed E-state index contributed by atoms with van der Waals surface area (Å²) in [6.07, 6.45) is 45.9. The van der Waals surface area contributed by atoms with Crippen LogP contribution in [0.25, 0.3) is 0 Å². The number of hydrogen-bond acceptors (Lipinski definition) is 24. The first-order valence-electron chi connectivity index (χ1n) is 36.5. The van der Waals surface area contributed by atoms with Crippen molar-refractivity contribution in [1.82, 2.24) is 161 Å². The molecule has 32 heteroatoms. The quantitative estimate of drug-likeness (QED) is 0.108. The van der Waals surface area contributed by atoms with Crippen LogP contribution in [0.3, 0.4) is 0 Å². The minimum atomic E-state index is -0.250. The fourth-order valence-electron chi connectivity index (χ4n) is 25.3. The van der Waals surface area contributed by atoms with Gasteiger partial charge in [0.25, 0.3) is 0 Å². The Morgan fingerprint density at radius 1 is 0.188 bits per heavy atom. The van der Waals surface area contributed by atoms with E-state index in [1.165, 1.54) is 0 Å². The summed E-state index contributed by atoms with van der Waals surface area (Å²) in [6, 6.07) is 0.0376. The molecule has 0 radical (unpaired) electrons. The Morgan fingerprint density at radius 3 is 0.417 bits per heavy atom. The molecule has 504 valence electrons. The Bertz CT molecular complexity index is 3110. The zero-order chi connectivity index (χ0) is 62.7. The Hall–Kier alpha value is -7.20. The molecule has 21 rings (SSSR count). The van der Waals surface area contributed by atoms with Gasteiger partial charge in [-0.05, 0) is 98.7 Å². The molecule has 13 fully saturated rings. The molecule has 32 nitrogen and oxygen atoms in total. The van der Waals surface area contributed by atoms with Gasteiger partial charge in [-0.2, -0.15) is 40.8 Å². The first-order chi connectivity index (χ1) is 47.7. The third-order valence-electron chi connectivity index (χ3n) is 27.8. The molecule has 8 bridgehead atoms. The fraction of sp³-hybridized carbons (Fsp3) is 0.750. The van der Waals surface area contributed by atoms with Crippen molar-refractivity contribution in [2.45, 2.75) is 200 Å². The molecule has 96 heavy (non-hydrogen) atoms. The molecule has 8 aromatic heterocycles. The highest BCUT2D eigenvalue weighted by Gasteiger charge is 2.69. The third kappa shape index (κ3) is 8.84. The lowest BCUT2D eigenvalue weighted by Gasteiger charge is -2.55. The maximum absolute atomic E-state index is 5.18. The topological polar surface area (TPSA) is 342 Å². The van der Waals surface area contributed by atoms with E-state index in [0.717, 1.165) is 103 Å². The standard InChI is InChI=1S/C64H88N32/c1-2-10-34-33(9-1)49(89-25-65-17-73-89)41-42(50(34)90-26-66-18-74-90)58-81-57(41)85-59-43-44(52(92-28-68-20-76-92)36-12-4-3-11-35(36)51(43)91-27-67-19-75-91)61(82-59)87-63-47-48(56(96-32-72-24-80-96)40-16-8-7-15-39(40)55(47)95-31-71-23-79-95)64(84-63)88-62-46-45(60(83-62)86-58)53(93-29-69-21-77-93)37-13-5-6-14-38(37)54(46)94-30-70-22-78-94/h17-64,81-88H,1-16H2. The average molecular weight is 1310 g/mol. The Labute approximate surface area is 554 Å². The Kier molecular flexibility index (Phi) is 14.0. The van der Waals surface area contributed by atoms with E-state index in [4.69, 9.17) is 80.7 Å². The van der Waals surface area contributed by atoms with E-state index in [1.54, 1.807) is 50.6 Å². The zero-order valence-corrected chi connectivity index (χ0v) is 53.8. The van der Waals surface area contributed by atoms with Gasteiger partial charge in [0.15, 0.2) is 0 Å². The van der Waals surface area contributed by atoms with E-state index < -0.39 is 0 Å². The summed E-state index contributed by atoms with van der Waals surface area (Å²) >= 11 is 0. The molecular weight excluding hydrogens is 1220 g/mol. The van der Waals surface area contributed by atoms with Crippen LogP contribution in [0.2, 0.25) is 0 Å². The minimum absolute atomic E-state index is 0.00470. The van der Waals surface area contributed by atoms with E-state index >= 15 is 0 Å². The van der Waals surface area contributed by atoms with Crippen LogP contribution in [0.1, 0.15) is 151 Å². The molecule has 5 aliphatic heterocycles. The van der Waals surface area contributed by atoms with E-state index in [1.807, 2.05) is 50.6 Å². The number of aromatic nitrogens is 24. The van der Waals surface area contributed by atoms with Gasteiger partial charge >= 0.3 is 0 Å². The normalized spacial score (nSPS) is 46.2. The number of rotatable bonds is 8. The zero-order valence-electron chi connectivity index (χ0n) is 53.8. The summed E-state index contributed by atoms with van der Waals surface area (Å²) in [5.74, 6) is 2.23. The molecule has 8 N–H and O–H groups in total. The lowest BCUT2D eigenvalue weighted by molar-refractivity contribution is -0.0579. The van der Waals surface area contributed by atoms with Crippen LogP contribution in [0.5, 0.6) is 0 Å². The second-order valence-electron chi connectivity index (χ2n) is 31.2. The molecule has 24 unspecified atom stereocenters. The van der Waals surface area contributed by atoms with Gasteiger partial charge < -0.3 is 0 Å². The summed E-state index contributed by atoms with van der Waals surface area (Å²) < 4.78 is 18.0. The maximum Gasteiger partial charge on any atom is 0.137 e. The van der Waals surface area contributed by atoms with Gasteiger partial charge in [-0.1, -0.05) is 51.4 Å². The SMILES string of the molecule is c1ncn(C2C3CCCCC3C(n3cncn3)C3C4NC(NC5NC(NC6NC(NC7NC(N4)C4C7C(n7cncn7)C7CCCCC7C4n4cncn4)C4C6C(n6cncn6)C6CCCCC6C4n4cncn4)C4C5C(n5cncn5)C5CCCCC5C4n4cncn4)C32)n1. The van der Waals surface area contributed by atoms with Crippen LogP contribution in [0, 0.1) is 94.7 Å². The maximum atomic E-state index is 5.18. The highest BCUT2D eigenvalue weighted by molar-refractivity contribution is 5.21. The Balaban J connectivity index is 0.795. The van der Waals surface area contributed by atoms with Gasteiger partial charge in [0.05, 0.1) is 97.7 Å². The lowest BCUT2D eigenvalue weighted by Crippen LogP contribution is -2.62. The summed E-state index contributed by atoms with van der Waals surface area (Å²) in [5, 5.41) is 78.3. The largest absolute Gasteiger partial charge is 0.286 e. The molecule has 8 saturated carbocycles. The highest BCUT2D eigenvalue weighted by atomic mass is 15.5. The third-order valence-corrected chi connectivity index (χ3v) is 27.8. The first-order valence-corrected chi connectivity index (χ1v) is 36.5. The van der Waals surface area contributed by atoms with E-state index in [0.29, 0.717) is 47.3 Å². The predicted molar refractivity (Wildman–Crippen MR) is 338 cm³/mol. The van der Waals surface area contributed by atoms with Gasteiger partial charge in [-0.15, -0.1) is 0 Å². The van der Waals surface area contributed by atoms with Gasteiger partial charge in [-0.3, -0.25) is 42.5 Å². The first kappa shape index (κ1) is 57.8. The fourth-order valence-corrected chi connectivity index (χ4v) is 25.3. The van der Waals surface area contributed by atoms with Crippen LogP contribution in [-0.2, 0) is 0 Å². The van der Waals surface area contributed by atoms with Crippen LogP contribution >= 0.6 is 0 Å². The molecular formula is C64H88N32. The van der Waals surface area contributed by atoms with Crippen LogP contribution in [-0.4, -0.2) is 167 Å².